The maximum atomic E-state index is 11.1. The number of ether oxygens (including phenoxy) is 1. The van der Waals surface area contributed by atoms with E-state index in [0.29, 0.717) is 12.3 Å². The third-order valence-corrected chi connectivity index (χ3v) is 3.43. The monoisotopic (exact) mass is 202 g/mol. The third kappa shape index (κ3) is 0.973. The van der Waals surface area contributed by atoms with Crippen LogP contribution in [0.1, 0.15) is 12.8 Å². The van der Waals surface area contributed by atoms with Crippen LogP contribution in [0.15, 0.2) is 12.2 Å². The minimum Gasteiger partial charge on any atom is -0.455 e. The smallest absolute Gasteiger partial charge is 0.336 e. The number of alkyl halides is 1. The second-order valence-electron chi connectivity index (χ2n) is 3.63. The lowest BCUT2D eigenvalue weighted by atomic mass is 9.86. The highest BCUT2D eigenvalue weighted by Crippen LogP contribution is 2.47. The first-order valence-corrected chi connectivity index (χ1v) is 4.82. The van der Waals surface area contributed by atoms with E-state index in [9.17, 15) is 9.90 Å². The Bertz CT molecular complexity index is 276. The van der Waals surface area contributed by atoms with Gasteiger partial charge in [-0.3, -0.25) is 0 Å². The summed E-state index contributed by atoms with van der Waals surface area (Å²) in [6.07, 6.45) is 1.05. The Balaban J connectivity index is 2.36. The molecule has 0 aromatic carbocycles. The average molecular weight is 203 g/mol. The van der Waals surface area contributed by atoms with Crippen LogP contribution in [-0.2, 0) is 9.53 Å². The Morgan fingerprint density at radius 2 is 2.38 bits per heavy atom. The number of carbonyl (C=O) groups is 1. The molecule has 1 N–H and O–H groups in total. The predicted octanol–water partition coefficient (Wildman–Crippen LogP) is 0.848. The van der Waals surface area contributed by atoms with Crippen LogP contribution in [0.2, 0.25) is 0 Å². The van der Waals surface area contributed by atoms with Gasteiger partial charge in [0.1, 0.15) is 11.7 Å². The van der Waals surface area contributed by atoms with Gasteiger partial charge in [0.05, 0.1) is 5.57 Å². The molecule has 1 aliphatic heterocycles. The van der Waals surface area contributed by atoms with E-state index in [-0.39, 0.29) is 11.5 Å². The Labute approximate surface area is 81.3 Å². The number of halogens is 1. The van der Waals surface area contributed by atoms with E-state index in [1.165, 1.54) is 0 Å². The average Bonchev–Trinajstić information content (AvgIpc) is 2.52. The van der Waals surface area contributed by atoms with Crippen LogP contribution >= 0.6 is 11.6 Å². The molecule has 0 aromatic heterocycles. The van der Waals surface area contributed by atoms with Crippen molar-refractivity contribution in [1.82, 2.24) is 0 Å². The van der Waals surface area contributed by atoms with Crippen LogP contribution in [0.4, 0.5) is 0 Å². The number of esters is 1. The van der Waals surface area contributed by atoms with E-state index < -0.39 is 17.7 Å². The van der Waals surface area contributed by atoms with Crippen molar-refractivity contribution >= 4 is 17.6 Å². The van der Waals surface area contributed by atoms with Gasteiger partial charge in [-0.05, 0) is 12.8 Å². The quantitative estimate of drug-likeness (QED) is 0.390. The van der Waals surface area contributed by atoms with Crippen LogP contribution in [0.3, 0.4) is 0 Å². The summed E-state index contributed by atoms with van der Waals surface area (Å²) in [5.74, 6) is -0.247. The maximum Gasteiger partial charge on any atom is 0.336 e. The molecule has 0 radical (unpaired) electrons. The number of carbonyl (C=O) groups excluding carboxylic acids is 1. The first-order valence-electron chi connectivity index (χ1n) is 4.29. The zero-order valence-corrected chi connectivity index (χ0v) is 7.88. The van der Waals surface area contributed by atoms with Crippen molar-refractivity contribution < 1.29 is 14.6 Å². The largest absolute Gasteiger partial charge is 0.455 e. The SMILES string of the molecule is C=C1C(=O)O[C@@H]2CC[C@H](CCl)[C@]12O. The number of rotatable bonds is 1. The van der Waals surface area contributed by atoms with Gasteiger partial charge < -0.3 is 9.84 Å². The minimum absolute atomic E-state index is 0.0990. The molecule has 72 valence electrons. The third-order valence-electron chi connectivity index (χ3n) is 3.06. The van der Waals surface area contributed by atoms with Gasteiger partial charge in [-0.25, -0.2) is 4.79 Å². The minimum atomic E-state index is -1.20. The van der Waals surface area contributed by atoms with E-state index in [0.717, 1.165) is 6.42 Å². The van der Waals surface area contributed by atoms with E-state index in [2.05, 4.69) is 6.58 Å². The van der Waals surface area contributed by atoms with Crippen LogP contribution in [-0.4, -0.2) is 28.7 Å². The zero-order valence-electron chi connectivity index (χ0n) is 7.12. The first-order chi connectivity index (χ1) is 6.10. The Morgan fingerprint density at radius 3 is 3.00 bits per heavy atom. The van der Waals surface area contributed by atoms with Crippen LogP contribution in [0, 0.1) is 5.92 Å². The molecule has 1 saturated heterocycles. The van der Waals surface area contributed by atoms with Gasteiger partial charge in [0.25, 0.3) is 0 Å². The van der Waals surface area contributed by atoms with Crippen molar-refractivity contribution in [3.8, 4) is 0 Å². The fraction of sp³-hybridized carbons (Fsp3) is 0.667. The standard InChI is InChI=1S/C9H11ClO3/c1-5-8(11)13-7-3-2-6(4-10)9(5,7)12/h6-7,12H,1-4H2/t6-,7-,9-/m1/s1. The zero-order chi connectivity index (χ0) is 9.64. The number of hydrogen-bond acceptors (Lipinski definition) is 3. The van der Waals surface area contributed by atoms with Crippen molar-refractivity contribution in [3.63, 3.8) is 0 Å². The molecule has 0 amide bonds. The van der Waals surface area contributed by atoms with Gasteiger partial charge >= 0.3 is 5.97 Å². The van der Waals surface area contributed by atoms with Crippen molar-refractivity contribution in [2.24, 2.45) is 5.92 Å². The normalized spacial score (nSPS) is 43.5. The van der Waals surface area contributed by atoms with Crippen molar-refractivity contribution in [2.45, 2.75) is 24.5 Å². The number of hydrogen-bond donors (Lipinski definition) is 1. The maximum absolute atomic E-state index is 11.1. The van der Waals surface area contributed by atoms with Gasteiger partial charge in [-0.15, -0.1) is 11.6 Å². The molecular formula is C9H11ClO3. The Kier molecular flexibility index (Phi) is 1.89. The van der Waals surface area contributed by atoms with Gasteiger partial charge in [0.2, 0.25) is 0 Å². The van der Waals surface area contributed by atoms with Crippen molar-refractivity contribution in [2.75, 3.05) is 5.88 Å². The molecule has 2 rings (SSSR count). The summed E-state index contributed by atoms with van der Waals surface area (Å²) in [6, 6.07) is 0. The van der Waals surface area contributed by atoms with Gasteiger partial charge in [-0.2, -0.15) is 0 Å². The molecule has 1 saturated carbocycles. The number of fused-ring (bicyclic) bond motifs is 1. The number of aliphatic hydroxyl groups is 1. The molecule has 3 atom stereocenters. The molecule has 0 bridgehead atoms. The molecule has 0 aromatic rings. The molecule has 1 heterocycles. The summed E-state index contributed by atoms with van der Waals surface area (Å²) in [7, 11) is 0. The molecule has 2 aliphatic rings. The Morgan fingerprint density at radius 1 is 1.69 bits per heavy atom. The summed E-state index contributed by atoms with van der Waals surface area (Å²) in [5.41, 5.74) is -1.03. The summed E-state index contributed by atoms with van der Waals surface area (Å²) in [6.45, 7) is 3.56. The molecule has 1 aliphatic carbocycles. The lowest BCUT2D eigenvalue weighted by Crippen LogP contribution is -2.41. The molecule has 13 heavy (non-hydrogen) atoms. The van der Waals surface area contributed by atoms with Crippen LogP contribution in [0.25, 0.3) is 0 Å². The first kappa shape index (κ1) is 9.03. The second-order valence-corrected chi connectivity index (χ2v) is 3.94. The molecule has 0 unspecified atom stereocenters. The van der Waals surface area contributed by atoms with E-state index in [1.807, 2.05) is 0 Å². The molecule has 0 spiro atoms. The van der Waals surface area contributed by atoms with Gasteiger partial charge in [0, 0.05) is 11.8 Å². The van der Waals surface area contributed by atoms with Gasteiger partial charge in [-0.1, -0.05) is 6.58 Å². The van der Waals surface area contributed by atoms with E-state index in [4.69, 9.17) is 16.3 Å². The van der Waals surface area contributed by atoms with Crippen molar-refractivity contribution in [1.29, 1.82) is 0 Å². The highest BCUT2D eigenvalue weighted by atomic mass is 35.5. The fourth-order valence-corrected chi connectivity index (χ4v) is 2.59. The molecule has 2 fully saturated rings. The molecular weight excluding hydrogens is 192 g/mol. The van der Waals surface area contributed by atoms with E-state index in [1.54, 1.807) is 0 Å². The Hall–Kier alpha value is -0.540. The highest BCUT2D eigenvalue weighted by Gasteiger charge is 2.59. The summed E-state index contributed by atoms with van der Waals surface area (Å²) < 4.78 is 4.99. The summed E-state index contributed by atoms with van der Waals surface area (Å²) in [4.78, 5) is 11.1. The van der Waals surface area contributed by atoms with E-state index >= 15 is 0 Å². The van der Waals surface area contributed by atoms with Crippen LogP contribution < -0.4 is 0 Å². The van der Waals surface area contributed by atoms with Crippen LogP contribution in [0.5, 0.6) is 0 Å². The fourth-order valence-electron chi connectivity index (χ4n) is 2.20. The highest BCUT2D eigenvalue weighted by molar-refractivity contribution is 6.18. The molecule has 3 nitrogen and oxygen atoms in total. The second kappa shape index (κ2) is 2.72. The lowest BCUT2D eigenvalue weighted by molar-refractivity contribution is -0.140. The predicted molar refractivity (Wildman–Crippen MR) is 47.4 cm³/mol. The topological polar surface area (TPSA) is 46.5 Å². The summed E-state index contributed by atoms with van der Waals surface area (Å²) in [5, 5.41) is 10.2. The van der Waals surface area contributed by atoms with Crippen molar-refractivity contribution in [3.05, 3.63) is 12.2 Å². The summed E-state index contributed by atoms with van der Waals surface area (Å²) >= 11 is 5.71. The lowest BCUT2D eigenvalue weighted by Gasteiger charge is -2.26. The van der Waals surface area contributed by atoms with Gasteiger partial charge in [0.15, 0.2) is 0 Å². The molecule has 4 heteroatoms.